The van der Waals surface area contributed by atoms with Crippen molar-refractivity contribution in [2.24, 2.45) is 5.41 Å². The molecule has 4 heterocycles. The van der Waals surface area contributed by atoms with Crippen LogP contribution in [0.5, 0.6) is 11.6 Å². The lowest BCUT2D eigenvalue weighted by Crippen LogP contribution is -2.74. The molecule has 3 aromatic rings. The summed E-state index contributed by atoms with van der Waals surface area (Å²) < 4.78 is 40.3. The molecule has 3 aliphatic heterocycles. The molecule has 14 heteroatoms. The maximum atomic E-state index is 15.0. The highest BCUT2D eigenvalue weighted by atomic mass is 32.2. The molecule has 49 heavy (non-hydrogen) atoms. The molecule has 2 aromatic carbocycles. The number of pyridine rings is 1. The van der Waals surface area contributed by atoms with Crippen LogP contribution in [-0.2, 0) is 20.4 Å². The number of rotatable bonds is 12. The molecule has 3 amide bonds. The van der Waals surface area contributed by atoms with Gasteiger partial charge in [0.1, 0.15) is 5.75 Å². The van der Waals surface area contributed by atoms with E-state index in [-0.39, 0.29) is 45.2 Å². The van der Waals surface area contributed by atoms with Crippen molar-refractivity contribution in [2.75, 3.05) is 70.4 Å². The quantitative estimate of drug-likeness (QED) is 0.301. The molecule has 0 aliphatic carbocycles. The topological polar surface area (TPSA) is 148 Å². The lowest BCUT2D eigenvalue weighted by Gasteiger charge is -2.60. The fraction of sp³-hybridized carbons (Fsp3) is 0.429. The molecule has 1 aromatic heterocycles. The van der Waals surface area contributed by atoms with E-state index in [0.29, 0.717) is 23.1 Å². The van der Waals surface area contributed by atoms with Crippen LogP contribution in [0.25, 0.3) is 0 Å². The highest BCUT2D eigenvalue weighted by Crippen LogP contribution is 2.50. The van der Waals surface area contributed by atoms with Gasteiger partial charge in [0.15, 0.2) is 5.54 Å². The minimum atomic E-state index is -4.52. The predicted octanol–water partition coefficient (Wildman–Crippen LogP) is 3.01. The third-order valence-electron chi connectivity index (χ3n) is 9.69. The summed E-state index contributed by atoms with van der Waals surface area (Å²) in [5.41, 5.74) is -1.64. The molecule has 0 saturated carbocycles. The number of nitriles is 1. The first kappa shape index (κ1) is 34.2. The molecule has 13 nitrogen and oxygen atoms in total. The number of nitrogens with zero attached hydrogens (tertiary/aromatic N) is 6. The second-order valence-electron chi connectivity index (χ2n) is 12.7. The number of likely N-dealkylation sites (N-methyl/N-ethyl adjacent to an activating group) is 1. The van der Waals surface area contributed by atoms with Gasteiger partial charge in [-0.1, -0.05) is 13.8 Å². The lowest BCUT2D eigenvalue weighted by molar-refractivity contribution is -0.122. The maximum absolute atomic E-state index is 15.0. The number of amides is 3. The van der Waals surface area contributed by atoms with Crippen LogP contribution in [0, 0.1) is 16.7 Å². The lowest BCUT2D eigenvalue weighted by atomic mass is 9.73. The van der Waals surface area contributed by atoms with E-state index in [1.54, 1.807) is 24.0 Å². The molecule has 1 spiro atoms. The minimum Gasteiger partial charge on any atom is -0.497 e. The molecular weight excluding hydrogens is 646 g/mol. The van der Waals surface area contributed by atoms with E-state index in [0.717, 1.165) is 39.3 Å². The number of likely N-dealkylation sites (tertiary alicyclic amines) is 2. The molecule has 6 rings (SSSR count). The first-order valence-corrected chi connectivity index (χ1v) is 17.9. The van der Waals surface area contributed by atoms with Gasteiger partial charge in [0.25, 0.3) is 15.9 Å². The summed E-state index contributed by atoms with van der Waals surface area (Å²) in [6, 6.07) is 14.7. The second kappa shape index (κ2) is 13.3. The first-order valence-electron chi connectivity index (χ1n) is 16.4. The number of anilines is 1. The smallest absolute Gasteiger partial charge is 0.318 e. The van der Waals surface area contributed by atoms with E-state index in [9.17, 15) is 23.3 Å². The van der Waals surface area contributed by atoms with Crippen molar-refractivity contribution in [2.45, 2.75) is 31.2 Å². The Hall–Kier alpha value is -4.71. The Kier molecular flexibility index (Phi) is 9.27. The molecule has 1 N–H and O–H groups in total. The average molecular weight is 688 g/mol. The Morgan fingerprint density at radius 2 is 1.76 bits per heavy atom. The van der Waals surface area contributed by atoms with Gasteiger partial charge in [-0.15, -0.1) is 0 Å². The van der Waals surface area contributed by atoms with Crippen molar-refractivity contribution in [3.05, 3.63) is 77.5 Å². The number of urea groups is 1. The highest BCUT2D eigenvalue weighted by molar-refractivity contribution is 7.93. The van der Waals surface area contributed by atoms with E-state index >= 15 is 0 Å². The Bertz CT molecular complexity index is 1880. The molecule has 2 fully saturated rings. The number of carbonyl (C=O) groups excluding carboxylic acids is 2. The van der Waals surface area contributed by atoms with Crippen LogP contribution in [0.15, 0.2) is 65.7 Å². The standard InChI is InChI=1S/C35H41N7O6S/c1-5-39(6-2)17-18-40-21-34(22-40)23-41(24-34)33(44)38-35(28-9-8-16-37-31(28)48-7-3)29-19-25(20-36)10-15-30(29)42(32(35)43)49(45,46)27-13-11-26(47-4)12-14-27/h8-16,19H,5-7,17-18,21-24H2,1-4H3,(H,38,44). The number of sulfonamides is 1. The number of carbonyl (C=O) groups is 2. The summed E-state index contributed by atoms with van der Waals surface area (Å²) >= 11 is 0. The molecule has 1 unspecified atom stereocenters. The van der Waals surface area contributed by atoms with E-state index in [1.165, 1.54) is 55.8 Å². The predicted molar refractivity (Wildman–Crippen MR) is 182 cm³/mol. The van der Waals surface area contributed by atoms with Gasteiger partial charge < -0.3 is 29.5 Å². The van der Waals surface area contributed by atoms with Crippen molar-refractivity contribution < 1.29 is 27.5 Å². The van der Waals surface area contributed by atoms with Gasteiger partial charge in [0.05, 0.1) is 41.5 Å². The monoisotopic (exact) mass is 687 g/mol. The van der Waals surface area contributed by atoms with Gasteiger partial charge in [0.2, 0.25) is 5.88 Å². The van der Waals surface area contributed by atoms with Crippen molar-refractivity contribution in [3.8, 4) is 17.7 Å². The number of methoxy groups -OCH3 is 1. The largest absolute Gasteiger partial charge is 0.497 e. The number of nitrogens with one attached hydrogen (secondary N) is 1. The van der Waals surface area contributed by atoms with Crippen molar-refractivity contribution in [1.82, 2.24) is 25.0 Å². The summed E-state index contributed by atoms with van der Waals surface area (Å²) in [5, 5.41) is 12.8. The number of hydrogen-bond acceptors (Lipinski definition) is 10. The number of ether oxygens (including phenoxy) is 2. The van der Waals surface area contributed by atoms with Crippen LogP contribution >= 0.6 is 0 Å². The maximum Gasteiger partial charge on any atom is 0.318 e. The Morgan fingerprint density at radius 3 is 2.39 bits per heavy atom. The van der Waals surface area contributed by atoms with E-state index < -0.39 is 27.5 Å². The van der Waals surface area contributed by atoms with Crippen LogP contribution in [0.2, 0.25) is 0 Å². The van der Waals surface area contributed by atoms with Gasteiger partial charge in [-0.05, 0) is 74.6 Å². The van der Waals surface area contributed by atoms with Crippen LogP contribution in [0.3, 0.4) is 0 Å². The summed E-state index contributed by atoms with van der Waals surface area (Å²) in [6.45, 7) is 13.0. The fourth-order valence-electron chi connectivity index (χ4n) is 7.16. The first-order chi connectivity index (χ1) is 23.5. The molecule has 1 atom stereocenters. The Morgan fingerprint density at radius 1 is 1.04 bits per heavy atom. The number of hydrogen-bond donors (Lipinski definition) is 1. The van der Waals surface area contributed by atoms with E-state index in [4.69, 9.17) is 9.47 Å². The van der Waals surface area contributed by atoms with Crippen LogP contribution in [0.1, 0.15) is 37.5 Å². The Labute approximate surface area is 287 Å². The van der Waals surface area contributed by atoms with Gasteiger partial charge >= 0.3 is 6.03 Å². The third-order valence-corrected chi connectivity index (χ3v) is 11.4. The molecule has 0 radical (unpaired) electrons. The highest BCUT2D eigenvalue weighted by Gasteiger charge is 2.60. The number of fused-ring (bicyclic) bond motifs is 1. The molecule has 0 bridgehead atoms. The molecular formula is C35H41N7O6S. The van der Waals surface area contributed by atoms with Gasteiger partial charge in [-0.25, -0.2) is 18.2 Å². The molecule has 258 valence electrons. The summed E-state index contributed by atoms with van der Waals surface area (Å²) in [5.74, 6) is -0.453. The summed E-state index contributed by atoms with van der Waals surface area (Å²) in [6.07, 6.45) is 1.49. The summed E-state index contributed by atoms with van der Waals surface area (Å²) in [7, 11) is -3.06. The fourth-order valence-corrected chi connectivity index (χ4v) is 8.62. The third kappa shape index (κ3) is 5.85. The van der Waals surface area contributed by atoms with Crippen LogP contribution in [0.4, 0.5) is 10.5 Å². The summed E-state index contributed by atoms with van der Waals surface area (Å²) in [4.78, 5) is 39.8. The van der Waals surface area contributed by atoms with Crippen molar-refractivity contribution in [3.63, 3.8) is 0 Å². The van der Waals surface area contributed by atoms with E-state index in [2.05, 4.69) is 40.0 Å². The molecule has 3 aliphatic rings. The minimum absolute atomic E-state index is 0.00864. The molecule has 2 saturated heterocycles. The van der Waals surface area contributed by atoms with Crippen LogP contribution in [-0.4, -0.2) is 106 Å². The second-order valence-corrected chi connectivity index (χ2v) is 14.4. The Balaban J connectivity index is 1.37. The van der Waals surface area contributed by atoms with Crippen LogP contribution < -0.4 is 19.1 Å². The zero-order valence-corrected chi connectivity index (χ0v) is 29.0. The van der Waals surface area contributed by atoms with Gasteiger partial charge in [-0.2, -0.15) is 9.57 Å². The zero-order valence-electron chi connectivity index (χ0n) is 28.2. The van der Waals surface area contributed by atoms with Crippen molar-refractivity contribution in [1.29, 1.82) is 5.26 Å². The SMILES string of the molecule is CCOc1ncccc1C1(NC(=O)N2CC3(CN(CCN(CC)CC)C3)C2)C(=O)N(S(=O)(=O)c2ccc(OC)cc2)c2ccc(C#N)cc21. The normalized spacial score (nSPS) is 19.6. The zero-order chi connectivity index (χ0) is 35.0. The van der Waals surface area contributed by atoms with E-state index in [1.807, 2.05) is 0 Å². The number of aromatic nitrogens is 1. The van der Waals surface area contributed by atoms with Gasteiger partial charge in [0, 0.05) is 56.4 Å². The average Bonchev–Trinajstić information content (AvgIpc) is 3.32. The number of benzene rings is 2. The van der Waals surface area contributed by atoms with Gasteiger partial charge in [-0.3, -0.25) is 4.79 Å². The van der Waals surface area contributed by atoms with Crippen molar-refractivity contribution >= 4 is 27.6 Å².